The van der Waals surface area contributed by atoms with Gasteiger partial charge >= 0.3 is 204 Å². The molecule has 0 bridgehead atoms. The Morgan fingerprint density at radius 2 is 1.06 bits per heavy atom. The normalized spacial score (nSPS) is 10.8. The predicted octanol–water partition coefficient (Wildman–Crippen LogP) is 5.24. The number of hydrogen-bond acceptors (Lipinski definition) is 10. The van der Waals surface area contributed by atoms with Crippen molar-refractivity contribution >= 4 is 55.6 Å². The average molecular weight is 603 g/mol. The van der Waals surface area contributed by atoms with E-state index in [-0.39, 0.29) is 22.5 Å². The number of hydrogen-bond donors (Lipinski definition) is 0. The summed E-state index contributed by atoms with van der Waals surface area (Å²) >= 11 is 2.47. The Labute approximate surface area is 203 Å². The van der Waals surface area contributed by atoms with Crippen LogP contribution >= 0.6 is 32.3 Å². The molecule has 0 radical (unpaired) electrons. The maximum absolute atomic E-state index is 12.2. The van der Waals surface area contributed by atoms with E-state index in [1.807, 2.05) is 0 Å². The van der Waals surface area contributed by atoms with Gasteiger partial charge in [0.25, 0.3) is 0 Å². The number of nitro groups is 2. The third-order valence-corrected chi connectivity index (χ3v) is 6.94. The molecule has 0 aliphatic rings. The van der Waals surface area contributed by atoms with Gasteiger partial charge in [0.2, 0.25) is 0 Å². The van der Waals surface area contributed by atoms with Gasteiger partial charge in [0.15, 0.2) is 0 Å². The van der Waals surface area contributed by atoms with E-state index < -0.39 is 42.4 Å². The first-order valence-electron chi connectivity index (χ1n) is 8.98. The molecule has 0 N–H and O–H groups in total. The van der Waals surface area contributed by atoms with Gasteiger partial charge in [-0.15, -0.1) is 0 Å². The molecule has 176 valence electrons. The minimum atomic E-state index is -3.40. The zero-order valence-corrected chi connectivity index (χ0v) is 19.6. The van der Waals surface area contributed by atoms with E-state index in [1.165, 1.54) is 48.5 Å². The molecule has 14 heteroatoms. The fourth-order valence-electron chi connectivity index (χ4n) is 2.26. The van der Waals surface area contributed by atoms with Crippen LogP contribution in [0.15, 0.2) is 72.8 Å². The molecular weight excluding hydrogens is 591 g/mol. The number of non-ortho nitro benzene ring substituents is 2. The number of halogens is 2. The molecule has 0 atom stereocenters. The summed E-state index contributed by atoms with van der Waals surface area (Å²) in [6.07, 6.45) is 0. The van der Waals surface area contributed by atoms with Gasteiger partial charge in [-0.2, -0.15) is 0 Å². The fraction of sp³-hybridized carbons (Fsp3) is 0. The summed E-state index contributed by atoms with van der Waals surface area (Å²) in [5, 5.41) is 21.9. The van der Waals surface area contributed by atoms with Gasteiger partial charge in [-0.05, 0) is 0 Å². The van der Waals surface area contributed by atoms with E-state index in [9.17, 15) is 29.8 Å². The van der Waals surface area contributed by atoms with Gasteiger partial charge in [-0.1, -0.05) is 0 Å². The first-order valence-corrected chi connectivity index (χ1v) is 12.2. The second kappa shape index (κ2) is 11.5. The van der Waals surface area contributed by atoms with Crippen LogP contribution in [-0.4, -0.2) is 21.8 Å². The van der Waals surface area contributed by atoms with Crippen molar-refractivity contribution in [1.82, 2.24) is 0 Å². The molecule has 0 saturated heterocycles. The van der Waals surface area contributed by atoms with Crippen molar-refractivity contribution in [3.05, 3.63) is 113 Å². The van der Waals surface area contributed by atoms with Crippen molar-refractivity contribution in [2.75, 3.05) is 0 Å². The third kappa shape index (κ3) is 6.67. The molecule has 0 saturated carbocycles. The van der Waals surface area contributed by atoms with E-state index in [0.29, 0.717) is 8.59 Å². The SMILES string of the molecule is O=C(OOI(OOC(=O)c1ccc([N+](=O)[O-])cc1)c1ccc(Cl)cc1)c1ccc([N+](=O)[O-])cc1. The molecular formula is C20H12ClIN2O10. The van der Waals surface area contributed by atoms with Gasteiger partial charge in [0, 0.05) is 0 Å². The van der Waals surface area contributed by atoms with Crippen LogP contribution in [0.1, 0.15) is 20.7 Å². The van der Waals surface area contributed by atoms with Crippen LogP contribution in [0, 0.1) is 23.8 Å². The van der Waals surface area contributed by atoms with Crippen LogP contribution in [0.4, 0.5) is 11.4 Å². The van der Waals surface area contributed by atoms with Crippen LogP contribution in [0.3, 0.4) is 0 Å². The second-order valence-electron chi connectivity index (χ2n) is 6.13. The summed E-state index contributed by atoms with van der Waals surface area (Å²) in [4.78, 5) is 54.3. The molecule has 3 aromatic carbocycles. The second-order valence-corrected chi connectivity index (χ2v) is 9.77. The predicted molar refractivity (Wildman–Crippen MR) is 123 cm³/mol. The van der Waals surface area contributed by atoms with Crippen molar-refractivity contribution < 1.29 is 35.6 Å². The molecule has 0 heterocycles. The average Bonchev–Trinajstić information content (AvgIpc) is 2.84. The molecule has 0 amide bonds. The summed E-state index contributed by atoms with van der Waals surface area (Å²) in [6.45, 7) is 0. The Morgan fingerprint density at radius 3 is 1.41 bits per heavy atom. The third-order valence-electron chi connectivity index (χ3n) is 3.94. The van der Waals surface area contributed by atoms with Crippen LogP contribution in [0.25, 0.3) is 0 Å². The summed E-state index contributed by atoms with van der Waals surface area (Å²) in [6, 6.07) is 15.3. The van der Waals surface area contributed by atoms with Crippen molar-refractivity contribution in [1.29, 1.82) is 0 Å². The zero-order valence-electron chi connectivity index (χ0n) is 16.7. The fourth-order valence-corrected chi connectivity index (χ4v) is 4.47. The zero-order chi connectivity index (χ0) is 24.7. The van der Waals surface area contributed by atoms with Gasteiger partial charge in [-0.3, -0.25) is 0 Å². The summed E-state index contributed by atoms with van der Waals surface area (Å²) in [5.74, 6) is -1.92. The van der Waals surface area contributed by atoms with Crippen molar-refractivity contribution in [2.24, 2.45) is 0 Å². The molecule has 34 heavy (non-hydrogen) atoms. The van der Waals surface area contributed by atoms with E-state index in [0.717, 1.165) is 24.3 Å². The molecule has 0 fully saturated rings. The molecule has 0 unspecified atom stereocenters. The van der Waals surface area contributed by atoms with Gasteiger partial charge in [0.1, 0.15) is 0 Å². The number of benzene rings is 3. The maximum atomic E-state index is 12.2. The molecule has 0 spiro atoms. The molecule has 3 aromatic rings. The molecule has 3 rings (SSSR count). The Hall–Kier alpha value is -3.66. The first-order chi connectivity index (χ1) is 16.2. The minimum absolute atomic E-state index is 0.0274. The number of nitrogens with zero attached hydrogens (tertiary/aromatic N) is 2. The number of carbonyl (C=O) groups is 2. The molecule has 0 aromatic heterocycles. The van der Waals surface area contributed by atoms with Gasteiger partial charge in [-0.25, -0.2) is 0 Å². The Bertz CT molecular complexity index is 1130. The van der Waals surface area contributed by atoms with Crippen LogP contribution in [-0.2, 0) is 16.2 Å². The van der Waals surface area contributed by atoms with E-state index in [1.54, 1.807) is 0 Å². The monoisotopic (exact) mass is 602 g/mol. The van der Waals surface area contributed by atoms with Crippen molar-refractivity contribution in [3.63, 3.8) is 0 Å². The van der Waals surface area contributed by atoms with Crippen molar-refractivity contribution in [2.45, 2.75) is 0 Å². The number of nitro benzene ring substituents is 2. The summed E-state index contributed by atoms with van der Waals surface area (Å²) in [5.41, 5.74) is -0.483. The van der Waals surface area contributed by atoms with E-state index >= 15 is 0 Å². The number of carbonyl (C=O) groups excluding carboxylic acids is 2. The molecule has 0 aliphatic heterocycles. The van der Waals surface area contributed by atoms with E-state index in [2.05, 4.69) is 0 Å². The quantitative estimate of drug-likeness (QED) is 0.137. The topological polar surface area (TPSA) is 157 Å². The van der Waals surface area contributed by atoms with E-state index in [4.69, 9.17) is 27.8 Å². The summed E-state index contributed by atoms with van der Waals surface area (Å²) < 4.78 is 10.7. The first kappa shape index (κ1) is 25.0. The van der Waals surface area contributed by atoms with Gasteiger partial charge < -0.3 is 0 Å². The summed E-state index contributed by atoms with van der Waals surface area (Å²) in [7, 11) is 0. The van der Waals surface area contributed by atoms with Gasteiger partial charge in [0.05, 0.1) is 0 Å². The number of rotatable bonds is 9. The van der Waals surface area contributed by atoms with Crippen LogP contribution in [0.2, 0.25) is 5.02 Å². The van der Waals surface area contributed by atoms with Crippen molar-refractivity contribution in [3.8, 4) is 0 Å². The molecule has 12 nitrogen and oxygen atoms in total. The Morgan fingerprint density at radius 1 is 0.676 bits per heavy atom. The molecule has 0 aliphatic carbocycles. The van der Waals surface area contributed by atoms with Crippen LogP contribution < -0.4 is 0 Å². The standard InChI is InChI=1S/C20H12ClIN2O10/c21-15-5-7-16(8-6-15)22(33-31-19(25)13-1-9-17(10-2-13)23(27)28)34-32-20(26)14-3-11-18(12-4-14)24(29)30/h1-12H. The Kier molecular flexibility index (Phi) is 8.42. The Balaban J connectivity index is 1.68. The van der Waals surface area contributed by atoms with Crippen LogP contribution in [0.5, 0.6) is 0 Å².